The van der Waals surface area contributed by atoms with E-state index in [0.717, 1.165) is 0 Å². The molecular formula is C9H13N3O2. The highest BCUT2D eigenvalue weighted by molar-refractivity contribution is 5.81. The summed E-state index contributed by atoms with van der Waals surface area (Å²) in [5.41, 5.74) is 5.37. The summed E-state index contributed by atoms with van der Waals surface area (Å²) < 4.78 is 10.4. The van der Waals surface area contributed by atoms with Crippen LogP contribution >= 0.6 is 0 Å². The molecule has 0 unspecified atom stereocenters. The Morgan fingerprint density at radius 1 is 1.36 bits per heavy atom. The molecule has 0 saturated heterocycles. The van der Waals surface area contributed by atoms with E-state index in [1.807, 2.05) is 12.1 Å². The Hall–Kier alpha value is -1.91. The third-order valence-electron chi connectivity index (χ3n) is 1.61. The first-order valence-corrected chi connectivity index (χ1v) is 4.06. The van der Waals surface area contributed by atoms with Crippen molar-refractivity contribution in [2.24, 2.45) is 16.7 Å². The van der Waals surface area contributed by atoms with Gasteiger partial charge in [0.2, 0.25) is 0 Å². The van der Waals surface area contributed by atoms with Crippen molar-refractivity contribution < 1.29 is 9.47 Å². The topological polar surface area (TPSA) is 82.9 Å². The van der Waals surface area contributed by atoms with Gasteiger partial charge in [-0.25, -0.2) is 0 Å². The summed E-state index contributed by atoms with van der Waals surface area (Å²) in [5, 5.41) is 3.29. The second-order valence-electron chi connectivity index (χ2n) is 2.56. The maximum atomic E-state index is 5.37. The largest absolute Gasteiger partial charge is 0.493 e. The van der Waals surface area contributed by atoms with Crippen molar-refractivity contribution in [1.29, 1.82) is 0 Å². The predicted molar refractivity (Wildman–Crippen MR) is 54.3 cm³/mol. The van der Waals surface area contributed by atoms with E-state index in [4.69, 9.17) is 21.1 Å². The summed E-state index contributed by atoms with van der Waals surface area (Å²) in [5.74, 6) is 6.45. The molecule has 0 aliphatic heterocycles. The third-order valence-corrected chi connectivity index (χ3v) is 1.61. The lowest BCUT2D eigenvalue weighted by Gasteiger charge is -2.09. The summed E-state index contributed by atoms with van der Waals surface area (Å²) in [6.07, 6.45) is 0. The molecule has 0 bridgehead atoms. The Labute approximate surface area is 82.3 Å². The molecule has 0 amide bonds. The average Bonchev–Trinajstić information content (AvgIpc) is 2.26. The lowest BCUT2D eigenvalue weighted by atomic mass is 10.3. The number of hydrogen-bond acceptors (Lipinski definition) is 4. The van der Waals surface area contributed by atoms with E-state index in [0.29, 0.717) is 11.5 Å². The third kappa shape index (κ3) is 2.55. The molecule has 0 spiro atoms. The zero-order valence-electron chi connectivity index (χ0n) is 7.93. The maximum absolute atomic E-state index is 5.37. The molecule has 0 fully saturated rings. The van der Waals surface area contributed by atoms with Gasteiger partial charge in [-0.3, -0.25) is 0 Å². The monoisotopic (exact) mass is 195 g/mol. The lowest BCUT2D eigenvalue weighted by Crippen LogP contribution is -2.22. The molecule has 5 heteroatoms. The van der Waals surface area contributed by atoms with Gasteiger partial charge in [0.25, 0.3) is 0 Å². The van der Waals surface area contributed by atoms with E-state index >= 15 is 0 Å². The number of ether oxygens (including phenoxy) is 2. The van der Waals surface area contributed by atoms with Gasteiger partial charge in [-0.2, -0.15) is 5.10 Å². The van der Waals surface area contributed by atoms with Crippen LogP contribution in [0.15, 0.2) is 29.4 Å². The molecule has 0 heterocycles. The number of hydrogen-bond donors (Lipinski definition) is 2. The van der Waals surface area contributed by atoms with Gasteiger partial charge in [0.15, 0.2) is 17.3 Å². The van der Waals surface area contributed by atoms with Gasteiger partial charge >= 0.3 is 0 Å². The second kappa shape index (κ2) is 4.96. The van der Waals surface area contributed by atoms with Crippen LogP contribution in [-0.2, 0) is 0 Å². The number of benzene rings is 1. The van der Waals surface area contributed by atoms with Crippen LogP contribution in [0.25, 0.3) is 0 Å². The Kier molecular flexibility index (Phi) is 3.60. The van der Waals surface area contributed by atoms with Crippen molar-refractivity contribution >= 4 is 5.84 Å². The van der Waals surface area contributed by atoms with Gasteiger partial charge in [-0.05, 0) is 12.1 Å². The van der Waals surface area contributed by atoms with Crippen molar-refractivity contribution in [3.63, 3.8) is 0 Å². The van der Waals surface area contributed by atoms with Crippen LogP contribution in [0.1, 0.15) is 0 Å². The maximum Gasteiger partial charge on any atom is 0.161 e. The number of nitrogens with zero attached hydrogens (tertiary/aromatic N) is 1. The standard InChI is InChI=1S/C9H13N3O2/c1-13-7-4-2-3-5-8(7)14-6-9(10)12-11/h2-5H,6,11H2,1H3,(H2,10,12). The van der Waals surface area contributed by atoms with E-state index in [-0.39, 0.29) is 12.4 Å². The minimum absolute atomic E-state index is 0.150. The van der Waals surface area contributed by atoms with Crippen LogP contribution in [0.3, 0.4) is 0 Å². The van der Waals surface area contributed by atoms with Crippen LogP contribution in [0, 0.1) is 0 Å². The van der Waals surface area contributed by atoms with Gasteiger partial charge in [-0.1, -0.05) is 12.1 Å². The second-order valence-corrected chi connectivity index (χ2v) is 2.56. The molecule has 0 aromatic heterocycles. The number of hydrazone groups is 1. The minimum Gasteiger partial charge on any atom is -0.493 e. The van der Waals surface area contributed by atoms with Crippen molar-refractivity contribution in [2.75, 3.05) is 13.7 Å². The fraction of sp³-hybridized carbons (Fsp3) is 0.222. The quantitative estimate of drug-likeness (QED) is 0.313. The molecule has 0 saturated carbocycles. The molecule has 0 atom stereocenters. The molecule has 14 heavy (non-hydrogen) atoms. The van der Waals surface area contributed by atoms with Crippen molar-refractivity contribution in [3.05, 3.63) is 24.3 Å². The molecule has 0 radical (unpaired) electrons. The molecule has 1 aromatic rings. The van der Waals surface area contributed by atoms with Gasteiger partial charge < -0.3 is 21.1 Å². The average molecular weight is 195 g/mol. The normalized spacial score (nSPS) is 11.1. The van der Waals surface area contributed by atoms with Gasteiger partial charge in [0, 0.05) is 0 Å². The van der Waals surface area contributed by atoms with E-state index in [1.54, 1.807) is 19.2 Å². The highest BCUT2D eigenvalue weighted by atomic mass is 16.5. The Morgan fingerprint density at radius 3 is 2.57 bits per heavy atom. The summed E-state index contributed by atoms with van der Waals surface area (Å²) in [6.45, 7) is 0.150. The molecule has 5 nitrogen and oxygen atoms in total. The SMILES string of the molecule is COc1ccccc1OC/C(N)=N/N. The van der Waals surface area contributed by atoms with Crippen LogP contribution in [-0.4, -0.2) is 19.6 Å². The molecule has 1 rings (SSSR count). The number of rotatable bonds is 4. The van der Waals surface area contributed by atoms with Crippen molar-refractivity contribution in [1.82, 2.24) is 0 Å². The zero-order valence-corrected chi connectivity index (χ0v) is 7.93. The summed E-state index contributed by atoms with van der Waals surface area (Å²) in [7, 11) is 1.57. The van der Waals surface area contributed by atoms with Crippen LogP contribution in [0.5, 0.6) is 11.5 Å². The van der Waals surface area contributed by atoms with Crippen LogP contribution in [0.2, 0.25) is 0 Å². The smallest absolute Gasteiger partial charge is 0.161 e. The molecular weight excluding hydrogens is 182 g/mol. The van der Waals surface area contributed by atoms with E-state index in [2.05, 4.69) is 5.10 Å². The Balaban J connectivity index is 2.66. The first-order chi connectivity index (χ1) is 6.77. The highest BCUT2D eigenvalue weighted by Crippen LogP contribution is 2.25. The first kappa shape index (κ1) is 10.2. The summed E-state index contributed by atoms with van der Waals surface area (Å²) in [6, 6.07) is 7.27. The highest BCUT2D eigenvalue weighted by Gasteiger charge is 2.02. The van der Waals surface area contributed by atoms with Crippen LogP contribution < -0.4 is 21.1 Å². The molecule has 1 aromatic carbocycles. The van der Waals surface area contributed by atoms with Gasteiger partial charge in [0.1, 0.15) is 6.61 Å². The van der Waals surface area contributed by atoms with E-state index in [9.17, 15) is 0 Å². The molecule has 0 aliphatic carbocycles. The predicted octanol–water partition coefficient (Wildman–Crippen LogP) is 0.305. The fourth-order valence-corrected chi connectivity index (χ4v) is 0.927. The summed E-state index contributed by atoms with van der Waals surface area (Å²) in [4.78, 5) is 0. The lowest BCUT2D eigenvalue weighted by molar-refractivity contribution is 0.334. The number of nitrogens with two attached hydrogens (primary N) is 2. The first-order valence-electron chi connectivity index (χ1n) is 4.06. The van der Waals surface area contributed by atoms with E-state index < -0.39 is 0 Å². The molecule has 4 N–H and O–H groups in total. The zero-order chi connectivity index (χ0) is 10.4. The molecule has 0 aliphatic rings. The minimum atomic E-state index is 0.150. The molecule has 76 valence electrons. The van der Waals surface area contributed by atoms with Crippen molar-refractivity contribution in [2.45, 2.75) is 0 Å². The van der Waals surface area contributed by atoms with E-state index in [1.165, 1.54) is 0 Å². The summed E-state index contributed by atoms with van der Waals surface area (Å²) >= 11 is 0. The van der Waals surface area contributed by atoms with Crippen molar-refractivity contribution in [3.8, 4) is 11.5 Å². The Morgan fingerprint density at radius 2 is 2.00 bits per heavy atom. The number of para-hydroxylation sites is 2. The van der Waals surface area contributed by atoms with Crippen LogP contribution in [0.4, 0.5) is 0 Å². The fourth-order valence-electron chi connectivity index (χ4n) is 0.927. The number of methoxy groups -OCH3 is 1. The Bertz CT molecular complexity index is 326. The number of amidine groups is 1. The van der Waals surface area contributed by atoms with Gasteiger partial charge in [-0.15, -0.1) is 0 Å². The van der Waals surface area contributed by atoms with Gasteiger partial charge in [0.05, 0.1) is 7.11 Å².